The normalized spacial score (nSPS) is 11.4. The van der Waals surface area contributed by atoms with Gasteiger partial charge in [-0.3, -0.25) is 4.79 Å². The zero-order chi connectivity index (χ0) is 20.0. The maximum Gasteiger partial charge on any atom is 0.262 e. The van der Waals surface area contributed by atoms with E-state index in [4.69, 9.17) is 16.3 Å². The number of anilines is 1. The molecule has 1 N–H and O–H groups in total. The number of nitrogens with zero attached hydrogens (tertiary/aromatic N) is 1. The number of hydrogen-bond acceptors (Lipinski definition) is 4. The van der Waals surface area contributed by atoms with Crippen LogP contribution in [0, 0.1) is 6.92 Å². The predicted molar refractivity (Wildman–Crippen MR) is 107 cm³/mol. The van der Waals surface area contributed by atoms with E-state index in [1.165, 1.54) is 22.5 Å². The predicted octanol–water partition coefficient (Wildman–Crippen LogP) is 3.70. The highest BCUT2D eigenvalue weighted by molar-refractivity contribution is 7.89. The zero-order valence-electron chi connectivity index (χ0n) is 15.5. The van der Waals surface area contributed by atoms with Crippen molar-refractivity contribution >= 4 is 33.2 Å². The van der Waals surface area contributed by atoms with Crippen molar-refractivity contribution < 1.29 is 17.9 Å². The summed E-state index contributed by atoms with van der Waals surface area (Å²) in [6, 6.07) is 11.5. The van der Waals surface area contributed by atoms with Gasteiger partial charge in [0.15, 0.2) is 6.61 Å². The van der Waals surface area contributed by atoms with Crippen LogP contribution in [0.25, 0.3) is 0 Å². The van der Waals surface area contributed by atoms with Crippen molar-refractivity contribution in [3.63, 3.8) is 0 Å². The first-order valence-corrected chi connectivity index (χ1v) is 10.4. The fourth-order valence-corrected chi connectivity index (χ4v) is 4.09. The Morgan fingerprint density at radius 1 is 1.11 bits per heavy atom. The molecule has 8 heteroatoms. The number of nitrogens with one attached hydrogen (secondary N) is 1. The van der Waals surface area contributed by atoms with Gasteiger partial charge in [0.2, 0.25) is 10.0 Å². The number of hydrogen-bond donors (Lipinski definition) is 1. The lowest BCUT2D eigenvalue weighted by Crippen LogP contribution is -2.30. The summed E-state index contributed by atoms with van der Waals surface area (Å²) in [7, 11) is -3.64. The number of carbonyl (C=O) groups excluding carboxylic acids is 1. The first-order valence-electron chi connectivity index (χ1n) is 8.57. The first kappa shape index (κ1) is 21.2. The van der Waals surface area contributed by atoms with E-state index in [0.717, 1.165) is 5.56 Å². The van der Waals surface area contributed by atoms with E-state index in [-0.39, 0.29) is 22.2 Å². The van der Waals surface area contributed by atoms with Gasteiger partial charge in [-0.15, -0.1) is 0 Å². The van der Waals surface area contributed by atoms with Gasteiger partial charge in [0.1, 0.15) is 5.75 Å². The molecule has 6 nitrogen and oxygen atoms in total. The molecule has 0 saturated heterocycles. The van der Waals surface area contributed by atoms with Gasteiger partial charge in [0.05, 0.1) is 15.6 Å². The summed E-state index contributed by atoms with van der Waals surface area (Å²) in [4.78, 5) is 12.2. The van der Waals surface area contributed by atoms with E-state index in [1.54, 1.807) is 26.0 Å². The van der Waals surface area contributed by atoms with Crippen molar-refractivity contribution in [2.45, 2.75) is 25.7 Å². The van der Waals surface area contributed by atoms with Gasteiger partial charge in [-0.25, -0.2) is 8.42 Å². The smallest absolute Gasteiger partial charge is 0.262 e. The Hall–Kier alpha value is -2.09. The van der Waals surface area contributed by atoms with Gasteiger partial charge >= 0.3 is 0 Å². The Kier molecular flexibility index (Phi) is 7.24. The number of carbonyl (C=O) groups is 1. The molecule has 0 radical (unpaired) electrons. The van der Waals surface area contributed by atoms with Crippen molar-refractivity contribution in [3.05, 3.63) is 53.1 Å². The Morgan fingerprint density at radius 2 is 1.74 bits per heavy atom. The average molecular weight is 411 g/mol. The van der Waals surface area contributed by atoms with Crippen molar-refractivity contribution in [1.82, 2.24) is 4.31 Å². The molecule has 0 heterocycles. The molecule has 0 aliphatic rings. The molecule has 2 rings (SSSR count). The minimum absolute atomic E-state index is 0.0744. The molecule has 1 amide bonds. The summed E-state index contributed by atoms with van der Waals surface area (Å²) in [5.41, 5.74) is 1.31. The maximum absolute atomic E-state index is 12.6. The summed E-state index contributed by atoms with van der Waals surface area (Å²) in [6.45, 7) is 5.98. The second-order valence-corrected chi connectivity index (χ2v) is 8.23. The summed E-state index contributed by atoms with van der Waals surface area (Å²) >= 11 is 6.11. The summed E-state index contributed by atoms with van der Waals surface area (Å²) in [6.07, 6.45) is 0. The Bertz CT molecular complexity index is 894. The molecule has 2 aromatic carbocycles. The molecule has 27 heavy (non-hydrogen) atoms. The highest BCUT2D eigenvalue weighted by atomic mass is 35.5. The van der Waals surface area contributed by atoms with E-state index in [9.17, 15) is 13.2 Å². The zero-order valence-corrected chi connectivity index (χ0v) is 17.1. The van der Waals surface area contributed by atoms with Crippen LogP contribution in [0.4, 0.5) is 5.69 Å². The van der Waals surface area contributed by atoms with Crippen LogP contribution in [0.3, 0.4) is 0 Å². The largest absolute Gasteiger partial charge is 0.484 e. The third-order valence-corrected chi connectivity index (χ3v) is 6.32. The molecule has 0 atom stereocenters. The fraction of sp³-hybridized carbons (Fsp3) is 0.316. The standard InChI is InChI=1S/C19H23ClN2O4S/c1-4-22(5-2)27(24,25)16-10-11-17(20)18(12-16)21-19(23)13-26-15-8-6-14(3)7-9-15/h6-12H,4-5,13H2,1-3H3,(H,21,23). The molecular formula is C19H23ClN2O4S. The third kappa shape index (κ3) is 5.45. The molecule has 0 unspecified atom stereocenters. The molecule has 0 bridgehead atoms. The highest BCUT2D eigenvalue weighted by Crippen LogP contribution is 2.27. The molecule has 0 aliphatic carbocycles. The second-order valence-electron chi connectivity index (χ2n) is 5.88. The molecular weight excluding hydrogens is 388 g/mol. The molecule has 0 spiro atoms. The van der Waals surface area contributed by atoms with Gasteiger partial charge in [0.25, 0.3) is 5.91 Å². The summed E-state index contributed by atoms with van der Waals surface area (Å²) in [5, 5.41) is 2.85. The Labute approximate surface area is 165 Å². The number of amides is 1. The monoisotopic (exact) mass is 410 g/mol. The van der Waals surface area contributed by atoms with E-state index in [0.29, 0.717) is 18.8 Å². The number of ether oxygens (including phenoxy) is 1. The lowest BCUT2D eigenvalue weighted by molar-refractivity contribution is -0.118. The van der Waals surface area contributed by atoms with E-state index in [2.05, 4.69) is 5.32 Å². The van der Waals surface area contributed by atoms with Gasteiger partial charge in [-0.1, -0.05) is 43.1 Å². The van der Waals surface area contributed by atoms with Gasteiger partial charge < -0.3 is 10.1 Å². The van der Waals surface area contributed by atoms with Crippen molar-refractivity contribution in [2.75, 3.05) is 25.0 Å². The van der Waals surface area contributed by atoms with Crippen molar-refractivity contribution in [1.29, 1.82) is 0 Å². The maximum atomic E-state index is 12.6. The number of sulfonamides is 1. The molecule has 0 saturated carbocycles. The van der Waals surface area contributed by atoms with Crippen molar-refractivity contribution in [3.8, 4) is 5.75 Å². The SMILES string of the molecule is CCN(CC)S(=O)(=O)c1ccc(Cl)c(NC(=O)COc2ccc(C)cc2)c1. The van der Waals surface area contributed by atoms with E-state index >= 15 is 0 Å². The molecule has 0 fully saturated rings. The third-order valence-electron chi connectivity index (χ3n) is 3.95. The first-order chi connectivity index (χ1) is 12.8. The molecule has 0 aromatic heterocycles. The molecule has 2 aromatic rings. The summed E-state index contributed by atoms with van der Waals surface area (Å²) < 4.78 is 32.0. The van der Waals surface area contributed by atoms with Crippen LogP contribution in [0.5, 0.6) is 5.75 Å². The lowest BCUT2D eigenvalue weighted by Gasteiger charge is -2.19. The highest BCUT2D eigenvalue weighted by Gasteiger charge is 2.22. The van der Waals surface area contributed by atoms with Crippen LogP contribution >= 0.6 is 11.6 Å². The van der Waals surface area contributed by atoms with Crippen LogP contribution in [0.15, 0.2) is 47.4 Å². The number of rotatable bonds is 8. The Morgan fingerprint density at radius 3 is 2.33 bits per heavy atom. The van der Waals surface area contributed by atoms with Gasteiger partial charge in [-0.2, -0.15) is 4.31 Å². The lowest BCUT2D eigenvalue weighted by atomic mass is 10.2. The topological polar surface area (TPSA) is 75.7 Å². The second kappa shape index (κ2) is 9.21. The van der Waals surface area contributed by atoms with Crippen LogP contribution in [0.1, 0.15) is 19.4 Å². The van der Waals surface area contributed by atoms with Crippen LogP contribution < -0.4 is 10.1 Å². The number of halogens is 1. The van der Waals surface area contributed by atoms with Crippen LogP contribution in [0.2, 0.25) is 5.02 Å². The van der Waals surface area contributed by atoms with Gasteiger partial charge in [0, 0.05) is 13.1 Å². The van der Waals surface area contributed by atoms with Crippen LogP contribution in [-0.4, -0.2) is 38.3 Å². The van der Waals surface area contributed by atoms with Gasteiger partial charge in [-0.05, 0) is 37.3 Å². The summed E-state index contributed by atoms with van der Waals surface area (Å²) in [5.74, 6) is 0.134. The van der Waals surface area contributed by atoms with Crippen LogP contribution in [-0.2, 0) is 14.8 Å². The van der Waals surface area contributed by atoms with Crippen molar-refractivity contribution in [2.24, 2.45) is 0 Å². The number of benzene rings is 2. The minimum atomic E-state index is -3.64. The van der Waals surface area contributed by atoms with E-state index < -0.39 is 15.9 Å². The number of aryl methyl sites for hydroxylation is 1. The molecule has 0 aliphatic heterocycles. The molecule has 146 valence electrons. The Balaban J connectivity index is 2.11. The minimum Gasteiger partial charge on any atom is -0.484 e. The quantitative estimate of drug-likeness (QED) is 0.720. The van der Waals surface area contributed by atoms with E-state index in [1.807, 2.05) is 19.1 Å². The fourth-order valence-electron chi connectivity index (χ4n) is 2.44. The average Bonchev–Trinajstić information content (AvgIpc) is 2.63.